The van der Waals surface area contributed by atoms with E-state index in [2.05, 4.69) is 0 Å². The van der Waals surface area contributed by atoms with Crippen LogP contribution < -0.4 is 4.74 Å². The van der Waals surface area contributed by atoms with Gasteiger partial charge < -0.3 is 4.74 Å². The zero-order valence-electron chi connectivity index (χ0n) is 10.9. The van der Waals surface area contributed by atoms with E-state index in [0.717, 1.165) is 18.1 Å². The highest BCUT2D eigenvalue weighted by molar-refractivity contribution is 5.91. The fourth-order valence-electron chi connectivity index (χ4n) is 1.69. The van der Waals surface area contributed by atoms with Gasteiger partial charge in [-0.1, -0.05) is 19.1 Å². The molecule has 0 aliphatic carbocycles. The molecule has 0 saturated heterocycles. The Morgan fingerprint density at radius 1 is 1.25 bits per heavy atom. The molecule has 2 aromatic carbocycles. The van der Waals surface area contributed by atoms with Crippen molar-refractivity contribution in [2.45, 2.75) is 13.3 Å². The first-order valence-electron chi connectivity index (χ1n) is 6.15. The lowest BCUT2D eigenvalue weighted by molar-refractivity contribution is 0.0734. The number of esters is 1. The molecule has 100 valence electrons. The third kappa shape index (κ3) is 3.01. The van der Waals surface area contributed by atoms with E-state index in [1.54, 1.807) is 18.2 Å². The van der Waals surface area contributed by atoms with E-state index in [-0.39, 0.29) is 11.3 Å². The Kier molecular flexibility index (Phi) is 4.11. The molecule has 0 atom stereocenters. The van der Waals surface area contributed by atoms with E-state index in [4.69, 9.17) is 10.00 Å². The summed E-state index contributed by atoms with van der Waals surface area (Å²) in [6.07, 6.45) is 0.885. The summed E-state index contributed by atoms with van der Waals surface area (Å²) in [7, 11) is 0. The average molecular weight is 269 g/mol. The molecule has 0 unspecified atom stereocenters. The molecule has 0 aromatic heterocycles. The number of carbonyl (C=O) groups is 1. The minimum absolute atomic E-state index is 0.0751. The van der Waals surface area contributed by atoms with Gasteiger partial charge in [-0.15, -0.1) is 0 Å². The van der Waals surface area contributed by atoms with Crippen LogP contribution in [-0.4, -0.2) is 5.97 Å². The molecular formula is C16H12FNO2. The van der Waals surface area contributed by atoms with Gasteiger partial charge in [0.05, 0.1) is 11.1 Å². The van der Waals surface area contributed by atoms with Crippen LogP contribution in [-0.2, 0) is 6.42 Å². The normalized spacial score (nSPS) is 9.85. The molecule has 0 heterocycles. The Balaban J connectivity index is 2.15. The molecule has 0 bridgehead atoms. The summed E-state index contributed by atoms with van der Waals surface area (Å²) < 4.78 is 18.5. The van der Waals surface area contributed by atoms with Crippen LogP contribution in [0, 0.1) is 17.1 Å². The summed E-state index contributed by atoms with van der Waals surface area (Å²) in [5.74, 6) is -1.19. The first-order valence-corrected chi connectivity index (χ1v) is 6.15. The van der Waals surface area contributed by atoms with E-state index >= 15 is 0 Å². The summed E-state index contributed by atoms with van der Waals surface area (Å²) in [5.41, 5.74) is 1.43. The fourth-order valence-corrected chi connectivity index (χ4v) is 1.69. The van der Waals surface area contributed by atoms with Crippen LogP contribution in [0.25, 0.3) is 0 Å². The zero-order valence-corrected chi connectivity index (χ0v) is 10.9. The molecule has 20 heavy (non-hydrogen) atoms. The lowest BCUT2D eigenvalue weighted by Crippen LogP contribution is -2.08. The van der Waals surface area contributed by atoms with Crippen LogP contribution in [0.5, 0.6) is 5.75 Å². The lowest BCUT2D eigenvalue weighted by atomic mass is 10.1. The number of carbonyl (C=O) groups excluding carboxylic acids is 1. The van der Waals surface area contributed by atoms with Crippen molar-refractivity contribution in [2.75, 3.05) is 0 Å². The molecule has 3 nitrogen and oxygen atoms in total. The highest BCUT2D eigenvalue weighted by atomic mass is 19.1. The Morgan fingerprint density at radius 2 is 1.95 bits per heavy atom. The van der Waals surface area contributed by atoms with Gasteiger partial charge in [0.15, 0.2) is 0 Å². The quantitative estimate of drug-likeness (QED) is 0.633. The first-order chi connectivity index (χ1) is 9.63. The highest BCUT2D eigenvalue weighted by Crippen LogP contribution is 2.17. The van der Waals surface area contributed by atoms with Crippen LogP contribution in [0.2, 0.25) is 0 Å². The summed E-state index contributed by atoms with van der Waals surface area (Å²) in [4.78, 5) is 11.9. The fraction of sp³-hybridized carbons (Fsp3) is 0.125. The molecule has 4 heteroatoms. The summed E-state index contributed by atoms with van der Waals surface area (Å²) >= 11 is 0. The van der Waals surface area contributed by atoms with Gasteiger partial charge in [-0.05, 0) is 36.2 Å². The summed E-state index contributed by atoms with van der Waals surface area (Å²) in [6.45, 7) is 2.02. The third-order valence-electron chi connectivity index (χ3n) is 2.87. The molecule has 0 amide bonds. The molecule has 2 rings (SSSR count). The number of nitrogens with zero attached hydrogens (tertiary/aromatic N) is 1. The minimum atomic E-state index is -0.709. The minimum Gasteiger partial charge on any atom is -0.423 e. The Hall–Kier alpha value is -2.67. The largest absolute Gasteiger partial charge is 0.423 e. The molecule has 0 aliphatic rings. The van der Waals surface area contributed by atoms with Gasteiger partial charge in [0, 0.05) is 6.07 Å². The number of hydrogen-bond donors (Lipinski definition) is 0. The second kappa shape index (κ2) is 5.98. The molecular weight excluding hydrogens is 257 g/mol. The van der Waals surface area contributed by atoms with Crippen LogP contribution >= 0.6 is 0 Å². The van der Waals surface area contributed by atoms with Gasteiger partial charge >= 0.3 is 5.97 Å². The number of ether oxygens (including phenoxy) is 1. The standard InChI is InChI=1S/C16H12FNO2/c1-2-11-3-5-12(6-4-11)16(19)20-14-8-7-13(10-18)15(17)9-14/h3-9H,2H2,1H3. The van der Waals surface area contributed by atoms with Crippen molar-refractivity contribution < 1.29 is 13.9 Å². The van der Waals surface area contributed by atoms with Crippen molar-refractivity contribution >= 4 is 5.97 Å². The van der Waals surface area contributed by atoms with Gasteiger partial charge in [-0.25, -0.2) is 9.18 Å². The van der Waals surface area contributed by atoms with Gasteiger partial charge in [0.1, 0.15) is 17.6 Å². The van der Waals surface area contributed by atoms with Gasteiger partial charge in [0.25, 0.3) is 0 Å². The zero-order chi connectivity index (χ0) is 14.5. The number of hydrogen-bond acceptors (Lipinski definition) is 3. The number of benzene rings is 2. The third-order valence-corrected chi connectivity index (χ3v) is 2.87. The maximum absolute atomic E-state index is 13.4. The predicted octanol–water partition coefficient (Wildman–Crippen LogP) is 3.48. The average Bonchev–Trinajstić information content (AvgIpc) is 2.47. The second-order valence-electron chi connectivity index (χ2n) is 4.19. The monoisotopic (exact) mass is 269 g/mol. The Morgan fingerprint density at radius 3 is 2.50 bits per heavy atom. The van der Waals surface area contributed by atoms with Crippen molar-refractivity contribution in [2.24, 2.45) is 0 Å². The molecule has 0 spiro atoms. The number of nitriles is 1. The molecule has 0 N–H and O–H groups in total. The highest BCUT2D eigenvalue weighted by Gasteiger charge is 2.10. The van der Waals surface area contributed by atoms with Gasteiger partial charge in [-0.3, -0.25) is 0 Å². The molecule has 0 fully saturated rings. The first kappa shape index (κ1) is 13.8. The van der Waals surface area contributed by atoms with E-state index in [1.807, 2.05) is 19.1 Å². The van der Waals surface area contributed by atoms with Crippen LogP contribution in [0.15, 0.2) is 42.5 Å². The molecule has 0 radical (unpaired) electrons. The number of halogens is 1. The molecule has 0 saturated carbocycles. The molecule has 2 aromatic rings. The van der Waals surface area contributed by atoms with E-state index in [9.17, 15) is 9.18 Å². The SMILES string of the molecule is CCc1ccc(C(=O)Oc2ccc(C#N)c(F)c2)cc1. The number of rotatable bonds is 3. The Bertz CT molecular complexity index is 672. The number of aryl methyl sites for hydroxylation is 1. The maximum atomic E-state index is 13.4. The van der Waals surface area contributed by atoms with Crippen molar-refractivity contribution in [1.82, 2.24) is 0 Å². The Labute approximate surface area is 116 Å². The van der Waals surface area contributed by atoms with Crippen molar-refractivity contribution in [3.8, 4) is 11.8 Å². The van der Waals surface area contributed by atoms with Crippen molar-refractivity contribution in [3.63, 3.8) is 0 Å². The van der Waals surface area contributed by atoms with E-state index in [1.165, 1.54) is 12.1 Å². The van der Waals surface area contributed by atoms with E-state index in [0.29, 0.717) is 5.56 Å². The van der Waals surface area contributed by atoms with E-state index < -0.39 is 11.8 Å². The van der Waals surface area contributed by atoms with Gasteiger partial charge in [0.2, 0.25) is 0 Å². The molecule has 0 aliphatic heterocycles. The smallest absolute Gasteiger partial charge is 0.343 e. The lowest BCUT2D eigenvalue weighted by Gasteiger charge is -2.05. The van der Waals surface area contributed by atoms with Crippen molar-refractivity contribution in [3.05, 3.63) is 65.0 Å². The predicted molar refractivity (Wildman–Crippen MR) is 71.9 cm³/mol. The van der Waals surface area contributed by atoms with Crippen molar-refractivity contribution in [1.29, 1.82) is 5.26 Å². The second-order valence-corrected chi connectivity index (χ2v) is 4.19. The van der Waals surface area contributed by atoms with Crippen LogP contribution in [0.3, 0.4) is 0 Å². The topological polar surface area (TPSA) is 50.1 Å². The van der Waals surface area contributed by atoms with Crippen LogP contribution in [0.4, 0.5) is 4.39 Å². The van der Waals surface area contributed by atoms with Crippen LogP contribution in [0.1, 0.15) is 28.4 Å². The summed E-state index contributed by atoms with van der Waals surface area (Å²) in [5, 5.41) is 8.62. The maximum Gasteiger partial charge on any atom is 0.343 e. The van der Waals surface area contributed by atoms with Gasteiger partial charge in [-0.2, -0.15) is 5.26 Å². The summed E-state index contributed by atoms with van der Waals surface area (Å²) in [6, 6.07) is 12.4.